The number of methoxy groups -OCH3 is 1. The van der Waals surface area contributed by atoms with Crippen LogP contribution in [0.3, 0.4) is 0 Å². The van der Waals surface area contributed by atoms with Crippen molar-refractivity contribution in [3.05, 3.63) is 77.5 Å². The van der Waals surface area contributed by atoms with Gasteiger partial charge < -0.3 is 20.3 Å². The third-order valence-electron chi connectivity index (χ3n) is 8.58. The standard InChI is InChI=1S/C32H33F4N5O2/c1-43-29-5-3-2-4-26(29)27-8-6-24(19-39-27)31(30(42)40-20-25-14-21(16-33)18-38-25)10-12-41(13-11-31)28-9-7-23(32(34,35)36)15-22(28)17-37/h2-9,15,19,21,25,38H,10-14,16,18,20H2,1H3,(H,40,42)/t21-,25+/m1/s1. The largest absolute Gasteiger partial charge is 0.496 e. The van der Waals surface area contributed by atoms with Gasteiger partial charge in [-0.15, -0.1) is 0 Å². The summed E-state index contributed by atoms with van der Waals surface area (Å²) in [5.74, 6) is 0.422. The van der Waals surface area contributed by atoms with Gasteiger partial charge in [-0.25, -0.2) is 0 Å². The van der Waals surface area contributed by atoms with E-state index in [-0.39, 0.29) is 23.4 Å². The molecule has 7 nitrogen and oxygen atoms in total. The summed E-state index contributed by atoms with van der Waals surface area (Å²) < 4.78 is 58.4. The molecule has 2 aliphatic heterocycles. The molecule has 2 atom stereocenters. The molecule has 3 aromatic rings. The van der Waals surface area contributed by atoms with Crippen LogP contribution in [0.2, 0.25) is 0 Å². The van der Waals surface area contributed by atoms with Gasteiger partial charge >= 0.3 is 6.18 Å². The minimum Gasteiger partial charge on any atom is -0.496 e. The third-order valence-corrected chi connectivity index (χ3v) is 8.58. The number of halogens is 4. The van der Waals surface area contributed by atoms with Crippen LogP contribution in [-0.4, -0.2) is 56.9 Å². The number of piperidine rings is 1. The predicted octanol–water partition coefficient (Wildman–Crippen LogP) is 5.25. The Morgan fingerprint density at radius 2 is 1.95 bits per heavy atom. The van der Waals surface area contributed by atoms with Crippen molar-refractivity contribution in [3.63, 3.8) is 0 Å². The van der Waals surface area contributed by atoms with E-state index in [2.05, 4.69) is 15.6 Å². The molecule has 2 fully saturated rings. The molecule has 0 aliphatic carbocycles. The summed E-state index contributed by atoms with van der Waals surface area (Å²) in [5.41, 5.74) is 0.717. The van der Waals surface area contributed by atoms with E-state index < -0.39 is 23.8 Å². The molecule has 226 valence electrons. The first kappa shape index (κ1) is 30.3. The lowest BCUT2D eigenvalue weighted by Crippen LogP contribution is -2.53. The Hall–Kier alpha value is -4.17. The first-order valence-electron chi connectivity index (χ1n) is 14.2. The first-order valence-corrected chi connectivity index (χ1v) is 14.2. The molecule has 43 heavy (non-hydrogen) atoms. The summed E-state index contributed by atoms with van der Waals surface area (Å²) in [6, 6.07) is 16.3. The van der Waals surface area contributed by atoms with Crippen molar-refractivity contribution in [1.82, 2.24) is 15.6 Å². The molecule has 0 radical (unpaired) electrons. The molecular weight excluding hydrogens is 562 g/mol. The van der Waals surface area contributed by atoms with Crippen LogP contribution < -0.4 is 20.3 Å². The van der Waals surface area contributed by atoms with E-state index >= 15 is 0 Å². The number of anilines is 1. The molecule has 3 heterocycles. The Labute approximate surface area is 247 Å². The number of hydrogen-bond acceptors (Lipinski definition) is 6. The number of benzene rings is 2. The minimum absolute atomic E-state index is 0.0294. The highest BCUT2D eigenvalue weighted by atomic mass is 19.4. The van der Waals surface area contributed by atoms with Crippen molar-refractivity contribution in [2.75, 3.05) is 44.9 Å². The van der Waals surface area contributed by atoms with E-state index in [0.29, 0.717) is 62.6 Å². The number of carbonyl (C=O) groups excluding carboxylic acids is 1. The molecule has 5 rings (SSSR count). The smallest absolute Gasteiger partial charge is 0.416 e. The van der Waals surface area contributed by atoms with Crippen molar-refractivity contribution in [1.29, 1.82) is 5.26 Å². The zero-order chi connectivity index (χ0) is 30.6. The average molecular weight is 596 g/mol. The van der Waals surface area contributed by atoms with Crippen molar-refractivity contribution in [2.45, 2.75) is 36.9 Å². The molecule has 1 amide bonds. The summed E-state index contributed by atoms with van der Waals surface area (Å²) >= 11 is 0. The lowest BCUT2D eigenvalue weighted by atomic mass is 9.72. The number of aromatic nitrogens is 1. The van der Waals surface area contributed by atoms with Crippen LogP contribution in [-0.2, 0) is 16.4 Å². The summed E-state index contributed by atoms with van der Waals surface area (Å²) in [7, 11) is 1.59. The second-order valence-corrected chi connectivity index (χ2v) is 11.1. The molecule has 2 aliphatic rings. The van der Waals surface area contributed by atoms with Gasteiger partial charge in [-0.3, -0.25) is 14.2 Å². The molecule has 2 saturated heterocycles. The Morgan fingerprint density at radius 1 is 1.19 bits per heavy atom. The topological polar surface area (TPSA) is 90.3 Å². The highest BCUT2D eigenvalue weighted by Crippen LogP contribution is 2.40. The second-order valence-electron chi connectivity index (χ2n) is 11.1. The molecule has 11 heteroatoms. The number of nitriles is 1. The number of carbonyl (C=O) groups is 1. The molecule has 1 aromatic heterocycles. The lowest BCUT2D eigenvalue weighted by Gasteiger charge is -2.42. The lowest BCUT2D eigenvalue weighted by molar-refractivity contribution is -0.137. The van der Waals surface area contributed by atoms with Gasteiger partial charge in [-0.1, -0.05) is 18.2 Å². The number of nitrogens with zero attached hydrogens (tertiary/aromatic N) is 3. The van der Waals surface area contributed by atoms with Gasteiger partial charge in [-0.05, 0) is 61.2 Å². The van der Waals surface area contributed by atoms with E-state index in [1.54, 1.807) is 13.3 Å². The van der Waals surface area contributed by atoms with E-state index in [1.807, 2.05) is 47.4 Å². The van der Waals surface area contributed by atoms with E-state index in [4.69, 9.17) is 4.74 Å². The fraction of sp³-hybridized carbons (Fsp3) is 0.406. The Kier molecular flexibility index (Phi) is 8.87. The highest BCUT2D eigenvalue weighted by Gasteiger charge is 2.44. The number of alkyl halides is 4. The van der Waals surface area contributed by atoms with Crippen LogP contribution in [0, 0.1) is 17.2 Å². The van der Waals surface area contributed by atoms with Crippen molar-refractivity contribution >= 4 is 11.6 Å². The quantitative estimate of drug-likeness (QED) is 0.346. The van der Waals surface area contributed by atoms with Gasteiger partial charge in [0.25, 0.3) is 0 Å². The van der Waals surface area contributed by atoms with Crippen LogP contribution in [0.15, 0.2) is 60.8 Å². The van der Waals surface area contributed by atoms with E-state index in [0.717, 1.165) is 23.3 Å². The van der Waals surface area contributed by atoms with E-state index in [1.165, 1.54) is 6.07 Å². The van der Waals surface area contributed by atoms with Gasteiger partial charge in [0.15, 0.2) is 0 Å². The number of amides is 1. The third kappa shape index (κ3) is 6.30. The Morgan fingerprint density at radius 3 is 2.58 bits per heavy atom. The Bertz CT molecular complexity index is 1480. The maximum Gasteiger partial charge on any atom is 0.416 e. The number of pyridine rings is 1. The van der Waals surface area contributed by atoms with Gasteiger partial charge in [0, 0.05) is 49.9 Å². The molecule has 2 aromatic carbocycles. The molecule has 0 spiro atoms. The number of para-hydroxylation sites is 1. The molecule has 0 bridgehead atoms. The number of nitrogens with one attached hydrogen (secondary N) is 2. The molecular formula is C32H33F4N5O2. The summed E-state index contributed by atoms with van der Waals surface area (Å²) in [6.45, 7) is 1.20. The van der Waals surface area contributed by atoms with Gasteiger partial charge in [0.05, 0.1) is 41.7 Å². The summed E-state index contributed by atoms with van der Waals surface area (Å²) in [6.07, 6.45) is -1.52. The Balaban J connectivity index is 1.41. The zero-order valence-electron chi connectivity index (χ0n) is 23.8. The number of rotatable bonds is 8. The van der Waals surface area contributed by atoms with E-state index in [9.17, 15) is 27.6 Å². The van der Waals surface area contributed by atoms with Crippen LogP contribution in [0.4, 0.5) is 23.2 Å². The van der Waals surface area contributed by atoms with Crippen molar-refractivity contribution in [2.24, 2.45) is 5.92 Å². The van der Waals surface area contributed by atoms with Crippen molar-refractivity contribution in [3.8, 4) is 23.1 Å². The predicted molar refractivity (Wildman–Crippen MR) is 154 cm³/mol. The first-order chi connectivity index (χ1) is 20.7. The number of hydrogen-bond donors (Lipinski definition) is 2. The highest BCUT2D eigenvalue weighted by molar-refractivity contribution is 5.89. The van der Waals surface area contributed by atoms with Crippen LogP contribution in [0.25, 0.3) is 11.3 Å². The molecule has 0 saturated carbocycles. The minimum atomic E-state index is -4.55. The molecule has 2 N–H and O–H groups in total. The molecule has 0 unspecified atom stereocenters. The van der Waals surface area contributed by atoms with Gasteiger partial charge in [0.1, 0.15) is 11.8 Å². The average Bonchev–Trinajstić information content (AvgIpc) is 3.51. The SMILES string of the molecule is COc1ccccc1-c1ccc(C2(C(=O)NC[C@@H]3C[C@H](CF)CN3)CCN(c3ccc(C(F)(F)F)cc3C#N)CC2)cn1. The van der Waals surface area contributed by atoms with Gasteiger partial charge in [-0.2, -0.15) is 18.4 Å². The van der Waals surface area contributed by atoms with Crippen LogP contribution >= 0.6 is 0 Å². The van der Waals surface area contributed by atoms with Crippen LogP contribution in [0.1, 0.15) is 36.0 Å². The summed E-state index contributed by atoms with van der Waals surface area (Å²) in [4.78, 5) is 20.5. The van der Waals surface area contributed by atoms with Crippen LogP contribution in [0.5, 0.6) is 5.75 Å². The zero-order valence-corrected chi connectivity index (χ0v) is 23.8. The monoisotopic (exact) mass is 595 g/mol. The number of ether oxygens (including phenoxy) is 1. The summed E-state index contributed by atoms with van der Waals surface area (Å²) in [5, 5.41) is 16.0. The van der Waals surface area contributed by atoms with Gasteiger partial charge in [0.2, 0.25) is 5.91 Å². The second kappa shape index (κ2) is 12.6. The fourth-order valence-corrected chi connectivity index (χ4v) is 6.11. The maximum atomic E-state index is 13.9. The fourth-order valence-electron chi connectivity index (χ4n) is 6.11. The normalized spacial score (nSPS) is 20.0. The van der Waals surface area contributed by atoms with Crippen molar-refractivity contribution < 1.29 is 27.1 Å². The maximum absolute atomic E-state index is 13.9.